The molecule has 0 saturated heterocycles. The van der Waals surface area contributed by atoms with Crippen molar-refractivity contribution in [1.29, 1.82) is 0 Å². The number of unbranched alkanes of at least 4 members (excludes halogenated alkanes) is 28. The highest BCUT2D eigenvalue weighted by molar-refractivity contribution is 4.56. The predicted molar refractivity (Wildman–Crippen MR) is 251 cm³/mol. The van der Waals surface area contributed by atoms with E-state index in [1.807, 2.05) is 0 Å². The molecule has 0 heterocycles. The van der Waals surface area contributed by atoms with Gasteiger partial charge in [-0.15, -0.1) is 0 Å². The van der Waals surface area contributed by atoms with Gasteiger partial charge in [-0.3, -0.25) is 0 Å². The van der Waals surface area contributed by atoms with Crippen LogP contribution in [-0.2, 0) is 0 Å². The molecule has 0 saturated carbocycles. The molecule has 0 unspecified atom stereocenters. The molecule has 0 fully saturated rings. The van der Waals surface area contributed by atoms with E-state index in [4.69, 9.17) is 0 Å². The molecule has 2 heteroatoms. The zero-order valence-electron chi connectivity index (χ0n) is 40.0. The number of hydrogen-bond donors (Lipinski definition) is 0. The largest absolute Gasteiger partial charge is 0.324 e. The number of rotatable bonds is 44. The van der Waals surface area contributed by atoms with E-state index in [0.29, 0.717) is 0 Å². The van der Waals surface area contributed by atoms with E-state index < -0.39 is 0 Å². The summed E-state index contributed by atoms with van der Waals surface area (Å²) in [6, 6.07) is 0. The first-order valence-corrected chi connectivity index (χ1v) is 26.2. The third-order valence-corrected chi connectivity index (χ3v) is 12.9. The lowest BCUT2D eigenvalue weighted by molar-refractivity contribution is -0.929. The highest BCUT2D eigenvalue weighted by Crippen LogP contribution is 2.22. The Morgan fingerprint density at radius 1 is 0.148 bits per heavy atom. The maximum atomic E-state index is 2.34. The molecular weight excluding hydrogens is 653 g/mol. The zero-order chi connectivity index (χ0) is 40.1. The fraction of sp³-hybridized carbons (Fsp3) is 1.00. The second-order valence-electron chi connectivity index (χ2n) is 18.4. The van der Waals surface area contributed by atoms with Crippen molar-refractivity contribution in [3.8, 4) is 0 Å². The van der Waals surface area contributed by atoms with Crippen LogP contribution in [0.5, 0.6) is 0 Å². The molecule has 0 radical (unpaired) electrons. The van der Waals surface area contributed by atoms with Gasteiger partial charge in [0.15, 0.2) is 0 Å². The van der Waals surface area contributed by atoms with Crippen molar-refractivity contribution in [3.05, 3.63) is 0 Å². The van der Waals surface area contributed by atoms with Crippen molar-refractivity contribution in [2.75, 3.05) is 52.4 Å². The normalized spacial score (nSPS) is 12.0. The van der Waals surface area contributed by atoms with Crippen molar-refractivity contribution in [2.45, 2.75) is 287 Å². The highest BCUT2D eigenvalue weighted by atomic mass is 15.4. The summed E-state index contributed by atoms with van der Waals surface area (Å²) in [5.41, 5.74) is 0. The lowest BCUT2D eigenvalue weighted by Gasteiger charge is -2.39. The Balaban J connectivity index is 0. The lowest BCUT2D eigenvalue weighted by atomic mass is 10.1. The summed E-state index contributed by atoms with van der Waals surface area (Å²) in [7, 11) is 0. The lowest BCUT2D eigenvalue weighted by Crippen LogP contribution is -2.50. The molecule has 0 rings (SSSR count). The van der Waals surface area contributed by atoms with Crippen LogP contribution >= 0.6 is 0 Å². The van der Waals surface area contributed by atoms with E-state index in [-0.39, 0.29) is 0 Å². The summed E-state index contributed by atoms with van der Waals surface area (Å²) >= 11 is 0. The molecule has 0 N–H and O–H groups in total. The van der Waals surface area contributed by atoms with E-state index in [1.54, 1.807) is 0 Å². The first-order chi connectivity index (χ1) is 26.5. The van der Waals surface area contributed by atoms with Gasteiger partial charge in [0.1, 0.15) is 0 Å². The van der Waals surface area contributed by atoms with E-state index in [1.165, 1.54) is 292 Å². The number of nitrogens with zero attached hydrogens (tertiary/aromatic N) is 2. The van der Waals surface area contributed by atoms with Crippen molar-refractivity contribution in [2.24, 2.45) is 0 Å². The van der Waals surface area contributed by atoms with Crippen LogP contribution in [0, 0.1) is 0 Å². The molecule has 0 atom stereocenters. The number of quaternary nitrogens is 2. The van der Waals surface area contributed by atoms with E-state index >= 15 is 0 Å². The average Bonchev–Trinajstić information content (AvgIpc) is 3.18. The third kappa shape index (κ3) is 37.5. The van der Waals surface area contributed by atoms with E-state index in [0.717, 1.165) is 0 Å². The van der Waals surface area contributed by atoms with Gasteiger partial charge in [0.2, 0.25) is 0 Å². The monoisotopic (exact) mass is 765 g/mol. The molecule has 328 valence electrons. The van der Waals surface area contributed by atoms with Crippen LogP contribution in [0.1, 0.15) is 287 Å². The fourth-order valence-electron chi connectivity index (χ4n) is 9.04. The Bertz CT molecular complexity index is 544. The second-order valence-corrected chi connectivity index (χ2v) is 18.4. The van der Waals surface area contributed by atoms with Crippen LogP contribution in [0.15, 0.2) is 0 Å². The minimum atomic E-state index is 1.36. The Hall–Kier alpha value is -0.0800. The molecule has 0 bridgehead atoms. The second kappa shape index (κ2) is 45.6. The molecule has 0 aliphatic carbocycles. The molecular formula is C52H112N2+2. The topological polar surface area (TPSA) is 0 Å². The smallest absolute Gasteiger partial charge is 0.0786 e. The summed E-state index contributed by atoms with van der Waals surface area (Å²) in [4.78, 5) is 0. The molecule has 0 aliphatic rings. The van der Waals surface area contributed by atoms with E-state index in [2.05, 4.69) is 55.4 Å². The minimum Gasteiger partial charge on any atom is -0.324 e. The van der Waals surface area contributed by atoms with Gasteiger partial charge in [-0.25, -0.2) is 0 Å². The Labute approximate surface area is 346 Å². The Morgan fingerprint density at radius 2 is 0.259 bits per heavy atom. The third-order valence-electron chi connectivity index (χ3n) is 12.9. The summed E-state index contributed by atoms with van der Waals surface area (Å²) in [5, 5.41) is 0. The van der Waals surface area contributed by atoms with Gasteiger partial charge in [0.05, 0.1) is 52.4 Å². The van der Waals surface area contributed by atoms with Crippen LogP contribution < -0.4 is 0 Å². The van der Waals surface area contributed by atoms with Gasteiger partial charge in [-0.1, -0.05) is 184 Å². The standard InChI is InChI=1S/C28H60N.C24H52N/c1-5-9-13-17-21-25-29(26-22-18-14-10-6-2,27-23-19-15-11-7-3)28-24-20-16-12-8-4;1-5-9-13-17-21-25(22-18-14-10-6-2,23-19-15-11-7-3)24-20-16-12-8-4/h5-28H2,1-4H3;5-24H2,1-4H3/q2*+1. The van der Waals surface area contributed by atoms with Gasteiger partial charge in [-0.2, -0.15) is 0 Å². The molecule has 0 aliphatic heterocycles. The molecule has 0 aromatic rings. The Kier molecular flexibility index (Phi) is 47.3. The SMILES string of the molecule is CCCCCCC[N+](CCCCCCC)(CCCCCCC)CCCCCCC.CCCCCC[N+](CCCCCC)(CCCCCC)CCCCCC. The number of hydrogen-bond acceptors (Lipinski definition) is 0. The summed E-state index contributed by atoms with van der Waals surface area (Å²) in [5.74, 6) is 0. The fourth-order valence-corrected chi connectivity index (χ4v) is 9.04. The predicted octanol–water partition coefficient (Wildman–Crippen LogP) is 17.8. The first-order valence-electron chi connectivity index (χ1n) is 26.2. The van der Waals surface area contributed by atoms with Crippen molar-refractivity contribution in [1.82, 2.24) is 0 Å². The van der Waals surface area contributed by atoms with Crippen molar-refractivity contribution in [3.63, 3.8) is 0 Å². The minimum absolute atomic E-state index is 1.36. The van der Waals surface area contributed by atoms with Crippen LogP contribution in [0.2, 0.25) is 0 Å². The zero-order valence-corrected chi connectivity index (χ0v) is 40.0. The molecule has 0 spiro atoms. The van der Waals surface area contributed by atoms with Crippen molar-refractivity contribution < 1.29 is 8.97 Å². The Morgan fingerprint density at radius 3 is 0.389 bits per heavy atom. The first kappa shape index (κ1) is 56.0. The van der Waals surface area contributed by atoms with E-state index in [9.17, 15) is 0 Å². The van der Waals surface area contributed by atoms with Gasteiger partial charge < -0.3 is 8.97 Å². The average molecular weight is 765 g/mol. The molecule has 54 heavy (non-hydrogen) atoms. The van der Waals surface area contributed by atoms with Gasteiger partial charge in [0.25, 0.3) is 0 Å². The van der Waals surface area contributed by atoms with Crippen LogP contribution in [0.4, 0.5) is 0 Å². The highest BCUT2D eigenvalue weighted by Gasteiger charge is 2.27. The summed E-state index contributed by atoms with van der Waals surface area (Å²) in [6.07, 6.45) is 51.6. The van der Waals surface area contributed by atoms with Gasteiger partial charge in [-0.05, 0) is 103 Å². The maximum Gasteiger partial charge on any atom is 0.0786 e. The maximum absolute atomic E-state index is 2.34. The van der Waals surface area contributed by atoms with Crippen LogP contribution in [0.3, 0.4) is 0 Å². The quantitative estimate of drug-likeness (QED) is 0.0428. The van der Waals surface area contributed by atoms with Crippen LogP contribution in [-0.4, -0.2) is 61.3 Å². The molecule has 0 aromatic heterocycles. The van der Waals surface area contributed by atoms with Gasteiger partial charge in [0, 0.05) is 0 Å². The molecule has 0 amide bonds. The van der Waals surface area contributed by atoms with Gasteiger partial charge >= 0.3 is 0 Å². The summed E-state index contributed by atoms with van der Waals surface area (Å²) in [6.45, 7) is 30.4. The molecule has 2 nitrogen and oxygen atoms in total. The summed E-state index contributed by atoms with van der Waals surface area (Å²) < 4.78 is 2.93. The van der Waals surface area contributed by atoms with Crippen LogP contribution in [0.25, 0.3) is 0 Å². The van der Waals surface area contributed by atoms with Crippen molar-refractivity contribution >= 4 is 0 Å². The molecule has 0 aromatic carbocycles.